The molecule has 2 heterocycles. The van der Waals surface area contributed by atoms with Crippen LogP contribution in [0.4, 0.5) is 10.5 Å². The fourth-order valence-electron chi connectivity index (χ4n) is 1.99. The van der Waals surface area contributed by atoms with Gasteiger partial charge in [-0.2, -0.15) is 4.98 Å². The molecule has 0 radical (unpaired) electrons. The summed E-state index contributed by atoms with van der Waals surface area (Å²) in [6.07, 6.45) is 0.703. The number of fused-ring (bicyclic) bond motifs is 3. The van der Waals surface area contributed by atoms with Crippen molar-refractivity contribution in [2.75, 3.05) is 12.3 Å². The molecule has 0 unspecified atom stereocenters. The van der Waals surface area contributed by atoms with E-state index in [1.807, 2.05) is 6.07 Å². The van der Waals surface area contributed by atoms with Crippen LogP contribution in [0.3, 0.4) is 0 Å². The molecule has 1 aromatic carbocycles. The summed E-state index contributed by atoms with van der Waals surface area (Å²) in [5.41, 5.74) is 8.66. The second kappa shape index (κ2) is 5.21. The van der Waals surface area contributed by atoms with Gasteiger partial charge in [0.25, 0.3) is 0 Å². The minimum Gasteiger partial charge on any atom is -0.434 e. The third-order valence-electron chi connectivity index (χ3n) is 2.88. The highest BCUT2D eigenvalue weighted by atomic mass is 79.9. The van der Waals surface area contributed by atoms with Gasteiger partial charge in [0.2, 0.25) is 0 Å². The van der Waals surface area contributed by atoms with Crippen LogP contribution in [0.2, 0.25) is 0 Å². The fraction of sp³-hybridized carbons (Fsp3) is 0.154. The van der Waals surface area contributed by atoms with E-state index in [1.165, 1.54) is 0 Å². The van der Waals surface area contributed by atoms with Crippen LogP contribution < -0.4 is 10.5 Å². The SMILES string of the molecule is CCOC(=O)Oc1ncc2[nH]c3ccc(N)c(Br)c3c2n1. The molecule has 2 aromatic heterocycles. The number of rotatable bonds is 2. The maximum absolute atomic E-state index is 11.3. The Bertz CT molecular complexity index is 846. The van der Waals surface area contributed by atoms with Crippen LogP contribution in [0.25, 0.3) is 21.9 Å². The van der Waals surface area contributed by atoms with Gasteiger partial charge in [-0.3, -0.25) is 0 Å². The molecule has 0 bridgehead atoms. The lowest BCUT2D eigenvalue weighted by Gasteiger charge is -2.02. The van der Waals surface area contributed by atoms with E-state index in [1.54, 1.807) is 19.2 Å². The number of nitrogens with one attached hydrogen (secondary N) is 1. The van der Waals surface area contributed by atoms with Crippen LogP contribution in [0.5, 0.6) is 6.01 Å². The zero-order chi connectivity index (χ0) is 15.0. The van der Waals surface area contributed by atoms with Crippen molar-refractivity contribution >= 4 is 49.7 Å². The number of anilines is 1. The van der Waals surface area contributed by atoms with Gasteiger partial charge in [-0.1, -0.05) is 0 Å². The summed E-state index contributed by atoms with van der Waals surface area (Å²) in [5.74, 6) is 0. The Hall–Kier alpha value is -2.35. The van der Waals surface area contributed by atoms with Crippen molar-refractivity contribution in [3.05, 3.63) is 22.8 Å². The lowest BCUT2D eigenvalue weighted by Crippen LogP contribution is -2.11. The summed E-state index contributed by atoms with van der Waals surface area (Å²) >= 11 is 3.44. The molecule has 0 saturated heterocycles. The number of aromatic amines is 1. The first-order chi connectivity index (χ1) is 10.1. The Morgan fingerprint density at radius 1 is 1.43 bits per heavy atom. The summed E-state index contributed by atoms with van der Waals surface area (Å²) in [6, 6.07) is 3.56. The maximum atomic E-state index is 11.3. The minimum atomic E-state index is -0.838. The van der Waals surface area contributed by atoms with E-state index in [2.05, 4.69) is 30.9 Å². The summed E-state index contributed by atoms with van der Waals surface area (Å²) in [5, 5.41) is 0.807. The number of benzene rings is 1. The average molecular weight is 351 g/mol. The fourth-order valence-corrected chi connectivity index (χ4v) is 2.53. The number of aromatic nitrogens is 3. The zero-order valence-electron chi connectivity index (χ0n) is 11.0. The number of hydrogen-bond donors (Lipinski definition) is 2. The van der Waals surface area contributed by atoms with Gasteiger partial charge in [0, 0.05) is 16.6 Å². The molecule has 3 aromatic rings. The van der Waals surface area contributed by atoms with Gasteiger partial charge >= 0.3 is 12.2 Å². The monoisotopic (exact) mass is 350 g/mol. The van der Waals surface area contributed by atoms with E-state index in [-0.39, 0.29) is 12.6 Å². The highest BCUT2D eigenvalue weighted by molar-refractivity contribution is 9.10. The molecule has 0 saturated carbocycles. The van der Waals surface area contributed by atoms with Crippen molar-refractivity contribution in [2.24, 2.45) is 0 Å². The van der Waals surface area contributed by atoms with Gasteiger partial charge in [-0.15, -0.1) is 0 Å². The standard InChI is InChI=1S/C13H11BrN4O3/c1-2-20-13(19)21-12-16-5-8-11(18-12)9-7(17-8)4-3-6(15)10(9)14/h3-5,17H,2,15H2,1H3. The van der Waals surface area contributed by atoms with Gasteiger partial charge < -0.3 is 20.2 Å². The number of nitrogens with zero attached hydrogens (tertiary/aromatic N) is 2. The van der Waals surface area contributed by atoms with Gasteiger partial charge in [-0.25, -0.2) is 9.78 Å². The second-order valence-corrected chi connectivity index (χ2v) is 5.01. The topological polar surface area (TPSA) is 103 Å². The zero-order valence-corrected chi connectivity index (χ0v) is 12.6. The molecule has 0 aliphatic carbocycles. The van der Waals surface area contributed by atoms with Crippen molar-refractivity contribution in [3.63, 3.8) is 0 Å². The average Bonchev–Trinajstić information content (AvgIpc) is 2.81. The van der Waals surface area contributed by atoms with E-state index in [0.717, 1.165) is 15.4 Å². The molecule has 0 atom stereocenters. The van der Waals surface area contributed by atoms with Gasteiger partial charge in [0.05, 0.1) is 22.8 Å². The summed E-state index contributed by atoms with van der Waals surface area (Å²) in [4.78, 5) is 22.7. The number of hydrogen-bond acceptors (Lipinski definition) is 6. The quantitative estimate of drug-likeness (QED) is 0.543. The van der Waals surface area contributed by atoms with E-state index in [4.69, 9.17) is 15.2 Å². The van der Waals surface area contributed by atoms with Crippen LogP contribution >= 0.6 is 15.9 Å². The third-order valence-corrected chi connectivity index (χ3v) is 3.74. The van der Waals surface area contributed by atoms with Crippen molar-refractivity contribution in [1.82, 2.24) is 15.0 Å². The number of carbonyl (C=O) groups excluding carboxylic acids is 1. The van der Waals surface area contributed by atoms with Crippen LogP contribution in [-0.2, 0) is 4.74 Å². The number of nitrogens with two attached hydrogens (primary N) is 1. The Morgan fingerprint density at radius 3 is 3.00 bits per heavy atom. The second-order valence-electron chi connectivity index (χ2n) is 4.22. The Labute approximate surface area is 127 Å². The van der Waals surface area contributed by atoms with Crippen LogP contribution in [0.1, 0.15) is 6.92 Å². The lowest BCUT2D eigenvalue weighted by atomic mass is 10.2. The largest absolute Gasteiger partial charge is 0.516 e. The first-order valence-corrected chi connectivity index (χ1v) is 6.96. The first-order valence-electron chi connectivity index (χ1n) is 6.17. The number of H-pyrrole nitrogens is 1. The molecule has 0 spiro atoms. The molecular formula is C13H11BrN4O3. The number of halogens is 1. The summed E-state index contributed by atoms with van der Waals surface area (Å²) in [6.45, 7) is 1.90. The normalized spacial score (nSPS) is 11.0. The Morgan fingerprint density at radius 2 is 2.24 bits per heavy atom. The van der Waals surface area contributed by atoms with E-state index in [9.17, 15) is 4.79 Å². The molecule has 8 heteroatoms. The Kier molecular flexibility index (Phi) is 3.38. The van der Waals surface area contributed by atoms with Crippen molar-refractivity contribution < 1.29 is 14.3 Å². The highest BCUT2D eigenvalue weighted by Crippen LogP contribution is 2.34. The van der Waals surface area contributed by atoms with E-state index < -0.39 is 6.16 Å². The molecule has 0 aliphatic heterocycles. The molecule has 21 heavy (non-hydrogen) atoms. The molecule has 0 amide bonds. The number of carbonyl (C=O) groups is 1. The minimum absolute atomic E-state index is 0.0730. The molecule has 0 aliphatic rings. The highest BCUT2D eigenvalue weighted by Gasteiger charge is 2.14. The molecule has 3 N–H and O–H groups in total. The van der Waals surface area contributed by atoms with E-state index >= 15 is 0 Å². The first kappa shape index (κ1) is 13.6. The van der Waals surface area contributed by atoms with Crippen LogP contribution in [0, 0.1) is 0 Å². The van der Waals surface area contributed by atoms with Crippen molar-refractivity contribution in [2.45, 2.75) is 6.92 Å². The summed E-state index contributed by atoms with van der Waals surface area (Å²) < 4.78 is 10.3. The number of ether oxygens (including phenoxy) is 2. The van der Waals surface area contributed by atoms with Gasteiger partial charge in [-0.05, 0) is 35.0 Å². The van der Waals surface area contributed by atoms with E-state index in [0.29, 0.717) is 16.7 Å². The van der Waals surface area contributed by atoms with Crippen molar-refractivity contribution in [1.29, 1.82) is 0 Å². The molecule has 0 fully saturated rings. The van der Waals surface area contributed by atoms with Crippen molar-refractivity contribution in [3.8, 4) is 6.01 Å². The maximum Gasteiger partial charge on any atom is 0.516 e. The van der Waals surface area contributed by atoms with Crippen LogP contribution in [0.15, 0.2) is 22.8 Å². The third kappa shape index (κ3) is 2.38. The van der Waals surface area contributed by atoms with Gasteiger partial charge in [0.15, 0.2) is 0 Å². The predicted octanol–water partition coefficient (Wildman–Crippen LogP) is 2.99. The van der Waals surface area contributed by atoms with Gasteiger partial charge in [0.1, 0.15) is 5.52 Å². The predicted molar refractivity (Wildman–Crippen MR) is 81.2 cm³/mol. The summed E-state index contributed by atoms with van der Waals surface area (Å²) in [7, 11) is 0. The molecule has 3 rings (SSSR count). The lowest BCUT2D eigenvalue weighted by molar-refractivity contribution is 0.101. The smallest absolute Gasteiger partial charge is 0.434 e. The molecule has 7 nitrogen and oxygen atoms in total. The molecule has 108 valence electrons. The Balaban J connectivity index is 2.13. The van der Waals surface area contributed by atoms with Crippen LogP contribution in [-0.4, -0.2) is 27.7 Å². The molecular weight excluding hydrogens is 340 g/mol. The number of nitrogen functional groups attached to an aromatic ring is 1.